The van der Waals surface area contributed by atoms with Crippen molar-refractivity contribution in [2.24, 2.45) is 0 Å². The zero-order valence-electron chi connectivity index (χ0n) is 9.95. The first-order valence-electron chi connectivity index (χ1n) is 5.82. The van der Waals surface area contributed by atoms with E-state index in [9.17, 15) is 4.79 Å². The molecule has 1 amide bonds. The third-order valence-corrected chi connectivity index (χ3v) is 2.80. The number of likely N-dealkylation sites (tertiary alicyclic amines) is 1. The molecule has 16 heavy (non-hydrogen) atoms. The van der Waals surface area contributed by atoms with Crippen LogP contribution in [-0.4, -0.2) is 48.8 Å². The van der Waals surface area contributed by atoms with Crippen molar-refractivity contribution < 1.29 is 14.3 Å². The molecule has 1 fully saturated rings. The monoisotopic (exact) mass is 249 g/mol. The minimum atomic E-state index is -0.211. The molecular weight excluding hydrogens is 230 g/mol. The molecule has 0 aromatic heterocycles. The summed E-state index contributed by atoms with van der Waals surface area (Å²) in [7, 11) is 0. The summed E-state index contributed by atoms with van der Waals surface area (Å²) in [6.07, 6.45) is 0.948. The molecule has 0 spiro atoms. The minimum absolute atomic E-state index is 0.0369. The van der Waals surface area contributed by atoms with E-state index in [1.54, 1.807) is 4.90 Å². The maximum Gasteiger partial charge on any atom is 0.224 e. The molecule has 0 bridgehead atoms. The van der Waals surface area contributed by atoms with Gasteiger partial charge in [-0.1, -0.05) is 0 Å². The van der Waals surface area contributed by atoms with Crippen LogP contribution in [0.1, 0.15) is 26.7 Å². The molecule has 4 nitrogen and oxygen atoms in total. The number of rotatable bonds is 7. The summed E-state index contributed by atoms with van der Waals surface area (Å²) in [5.41, 5.74) is 0. The Morgan fingerprint density at radius 1 is 1.44 bits per heavy atom. The summed E-state index contributed by atoms with van der Waals surface area (Å²) in [4.78, 5) is 13.3. The number of hydrogen-bond acceptors (Lipinski definition) is 3. The molecule has 0 aliphatic carbocycles. The predicted octanol–water partition coefficient (Wildman–Crippen LogP) is 1.62. The number of ether oxygens (including phenoxy) is 2. The molecule has 0 aromatic rings. The zero-order valence-corrected chi connectivity index (χ0v) is 10.7. The normalized spacial score (nSPS) is 21.1. The van der Waals surface area contributed by atoms with Crippen LogP contribution in [0, 0.1) is 0 Å². The van der Waals surface area contributed by atoms with Crippen molar-refractivity contribution in [3.8, 4) is 0 Å². The van der Waals surface area contributed by atoms with E-state index in [1.807, 2.05) is 13.8 Å². The lowest BCUT2D eigenvalue weighted by Gasteiger charge is -2.21. The fraction of sp³-hybridized carbons (Fsp3) is 0.909. The van der Waals surface area contributed by atoms with Gasteiger partial charge in [-0.2, -0.15) is 0 Å². The smallest absolute Gasteiger partial charge is 0.224 e. The molecule has 1 aliphatic rings. The van der Waals surface area contributed by atoms with Gasteiger partial charge in [0.1, 0.15) is 0 Å². The fourth-order valence-electron chi connectivity index (χ4n) is 1.79. The Morgan fingerprint density at radius 3 is 2.50 bits per heavy atom. The van der Waals surface area contributed by atoms with Crippen molar-refractivity contribution in [3.05, 3.63) is 0 Å². The van der Waals surface area contributed by atoms with Crippen LogP contribution < -0.4 is 0 Å². The van der Waals surface area contributed by atoms with Gasteiger partial charge in [0.15, 0.2) is 6.29 Å². The van der Waals surface area contributed by atoms with E-state index in [2.05, 4.69) is 0 Å². The topological polar surface area (TPSA) is 38.8 Å². The SMILES string of the molecule is CCOC(CCN1CC(Cl)CC1=O)OCC. The van der Waals surface area contributed by atoms with E-state index in [0.29, 0.717) is 39.1 Å². The molecule has 1 rings (SSSR count). The average molecular weight is 250 g/mol. The summed E-state index contributed by atoms with van der Waals surface area (Å²) < 4.78 is 10.8. The zero-order chi connectivity index (χ0) is 12.0. The molecule has 0 radical (unpaired) electrons. The van der Waals surface area contributed by atoms with E-state index in [1.165, 1.54) is 0 Å². The molecule has 1 aliphatic heterocycles. The number of carbonyl (C=O) groups excluding carboxylic acids is 1. The van der Waals surface area contributed by atoms with Crippen LogP contribution in [-0.2, 0) is 14.3 Å². The Hall–Kier alpha value is -0.320. The van der Waals surface area contributed by atoms with Crippen molar-refractivity contribution >= 4 is 17.5 Å². The highest BCUT2D eigenvalue weighted by atomic mass is 35.5. The molecule has 1 saturated heterocycles. The lowest BCUT2D eigenvalue weighted by atomic mass is 10.3. The molecule has 1 atom stereocenters. The number of nitrogens with zero attached hydrogens (tertiary/aromatic N) is 1. The van der Waals surface area contributed by atoms with Gasteiger partial charge < -0.3 is 14.4 Å². The number of carbonyl (C=O) groups is 1. The Bertz CT molecular complexity index is 219. The van der Waals surface area contributed by atoms with Crippen LogP contribution >= 0.6 is 11.6 Å². The van der Waals surface area contributed by atoms with Crippen molar-refractivity contribution in [3.63, 3.8) is 0 Å². The lowest BCUT2D eigenvalue weighted by Crippen LogP contribution is -2.30. The average Bonchev–Trinajstić information content (AvgIpc) is 2.54. The van der Waals surface area contributed by atoms with Gasteiger partial charge in [-0.25, -0.2) is 0 Å². The second-order valence-corrected chi connectivity index (χ2v) is 4.39. The molecule has 0 saturated carbocycles. The van der Waals surface area contributed by atoms with Crippen LogP contribution in [0.2, 0.25) is 0 Å². The van der Waals surface area contributed by atoms with E-state index in [0.717, 1.165) is 0 Å². The summed E-state index contributed by atoms with van der Waals surface area (Å²) in [5, 5.41) is -0.0369. The van der Waals surface area contributed by atoms with Gasteiger partial charge in [0.2, 0.25) is 5.91 Å². The van der Waals surface area contributed by atoms with Gasteiger partial charge in [-0.05, 0) is 13.8 Å². The highest BCUT2D eigenvalue weighted by Gasteiger charge is 2.28. The van der Waals surface area contributed by atoms with Gasteiger partial charge in [-0.15, -0.1) is 11.6 Å². The molecular formula is C11H20ClNO3. The maximum absolute atomic E-state index is 11.5. The van der Waals surface area contributed by atoms with Gasteiger partial charge in [0, 0.05) is 39.1 Å². The summed E-state index contributed by atoms with van der Waals surface area (Å²) in [6.45, 7) is 6.41. The van der Waals surface area contributed by atoms with E-state index in [4.69, 9.17) is 21.1 Å². The molecule has 1 heterocycles. The first-order valence-corrected chi connectivity index (χ1v) is 6.26. The van der Waals surface area contributed by atoms with Crippen LogP contribution in [0.4, 0.5) is 0 Å². The van der Waals surface area contributed by atoms with Crippen molar-refractivity contribution in [2.45, 2.75) is 38.4 Å². The molecule has 5 heteroatoms. The number of alkyl halides is 1. The molecule has 0 N–H and O–H groups in total. The number of amides is 1. The van der Waals surface area contributed by atoms with Gasteiger partial charge in [0.05, 0.1) is 5.38 Å². The van der Waals surface area contributed by atoms with Crippen LogP contribution in [0.3, 0.4) is 0 Å². The third-order valence-electron chi connectivity index (χ3n) is 2.51. The summed E-state index contributed by atoms with van der Waals surface area (Å²) >= 11 is 5.91. The third kappa shape index (κ3) is 4.28. The maximum atomic E-state index is 11.5. The fourth-order valence-corrected chi connectivity index (χ4v) is 2.09. The van der Waals surface area contributed by atoms with Gasteiger partial charge >= 0.3 is 0 Å². The standard InChI is InChI=1S/C11H20ClNO3/c1-3-15-11(16-4-2)5-6-13-8-9(12)7-10(13)14/h9,11H,3-8H2,1-2H3. The van der Waals surface area contributed by atoms with E-state index >= 15 is 0 Å². The number of hydrogen-bond donors (Lipinski definition) is 0. The van der Waals surface area contributed by atoms with Crippen LogP contribution in [0.15, 0.2) is 0 Å². The first-order chi connectivity index (χ1) is 7.67. The van der Waals surface area contributed by atoms with Gasteiger partial charge in [0.25, 0.3) is 0 Å². The van der Waals surface area contributed by atoms with Gasteiger partial charge in [-0.3, -0.25) is 4.79 Å². The second kappa shape index (κ2) is 7.09. The first kappa shape index (κ1) is 13.7. The summed E-state index contributed by atoms with van der Waals surface area (Å²) in [5.74, 6) is 0.131. The second-order valence-electron chi connectivity index (χ2n) is 3.77. The largest absolute Gasteiger partial charge is 0.353 e. The Morgan fingerprint density at radius 2 is 2.06 bits per heavy atom. The molecule has 0 aromatic carbocycles. The van der Waals surface area contributed by atoms with E-state index < -0.39 is 0 Å². The predicted molar refractivity (Wildman–Crippen MR) is 62.5 cm³/mol. The Labute approximate surface area is 102 Å². The minimum Gasteiger partial charge on any atom is -0.353 e. The van der Waals surface area contributed by atoms with E-state index in [-0.39, 0.29) is 17.6 Å². The lowest BCUT2D eigenvalue weighted by molar-refractivity contribution is -0.144. The van der Waals surface area contributed by atoms with Crippen molar-refractivity contribution in [1.29, 1.82) is 0 Å². The Kier molecular flexibility index (Phi) is 6.09. The number of halogens is 1. The highest BCUT2D eigenvalue weighted by molar-refractivity contribution is 6.22. The van der Waals surface area contributed by atoms with Crippen LogP contribution in [0.5, 0.6) is 0 Å². The molecule has 1 unspecified atom stereocenters. The van der Waals surface area contributed by atoms with Crippen molar-refractivity contribution in [1.82, 2.24) is 4.90 Å². The highest BCUT2D eigenvalue weighted by Crippen LogP contribution is 2.17. The quantitative estimate of drug-likeness (QED) is 0.508. The summed E-state index contributed by atoms with van der Waals surface area (Å²) in [6, 6.07) is 0. The molecule has 94 valence electrons. The van der Waals surface area contributed by atoms with Crippen molar-refractivity contribution in [2.75, 3.05) is 26.3 Å². The van der Waals surface area contributed by atoms with Crippen LogP contribution in [0.25, 0.3) is 0 Å². The Balaban J connectivity index is 2.28.